The summed E-state index contributed by atoms with van der Waals surface area (Å²) in [5.74, 6) is 2.14. The monoisotopic (exact) mass is 971 g/mol. The SMILES string of the molecule is CC(C)c1ccc2c(c1)c1cc3ccc1n2-c1c(-c2ccccc2)cccc1-c1nc(-c2ccccc2)nc(n1)-c1cccc(-c2ccccc2)c1-n1c2ccc(C(C)(C)C)cc2c2cc(ccc21)C(C)(C)C3(C)C. The summed E-state index contributed by atoms with van der Waals surface area (Å²) in [6.45, 7) is 21.3. The molecule has 5 nitrogen and oxygen atoms in total. The Labute approximate surface area is 440 Å². The Hall–Kier alpha value is -8.41. The van der Waals surface area contributed by atoms with E-state index < -0.39 is 0 Å². The topological polar surface area (TPSA) is 48.5 Å². The van der Waals surface area contributed by atoms with Gasteiger partial charge in [-0.3, -0.25) is 0 Å². The Kier molecular flexibility index (Phi) is 10.6. The Balaban J connectivity index is 1.25. The van der Waals surface area contributed by atoms with Crippen LogP contribution in [-0.2, 0) is 16.2 Å². The Bertz CT molecular complexity index is 4220. The number of fused-ring (bicyclic) bond motifs is 2. The summed E-state index contributed by atoms with van der Waals surface area (Å²) in [4.78, 5) is 16.8. The van der Waals surface area contributed by atoms with E-state index in [1.54, 1.807) is 0 Å². The van der Waals surface area contributed by atoms with Gasteiger partial charge < -0.3 is 9.13 Å². The first-order valence-electron chi connectivity index (χ1n) is 26.5. The van der Waals surface area contributed by atoms with Gasteiger partial charge in [-0.05, 0) is 116 Å². The van der Waals surface area contributed by atoms with Crippen LogP contribution in [0.1, 0.15) is 90.5 Å². The fourth-order valence-electron chi connectivity index (χ4n) is 11.8. The van der Waals surface area contributed by atoms with Gasteiger partial charge in [0, 0.05) is 49.4 Å². The van der Waals surface area contributed by atoms with Crippen molar-refractivity contribution in [3.63, 3.8) is 0 Å². The lowest BCUT2D eigenvalue weighted by atomic mass is 9.61. The van der Waals surface area contributed by atoms with Gasteiger partial charge in [0.2, 0.25) is 0 Å². The molecule has 0 fully saturated rings. The molecular weight excluding hydrogens is 911 g/mol. The molecule has 4 aliphatic rings. The predicted molar refractivity (Wildman–Crippen MR) is 315 cm³/mol. The average molecular weight is 972 g/mol. The fraction of sp³-hybridized carbons (Fsp3) is 0.186. The largest absolute Gasteiger partial charge is 0.308 e. The fourth-order valence-corrected chi connectivity index (χ4v) is 11.8. The first kappa shape index (κ1) is 46.4. The van der Waals surface area contributed by atoms with E-state index in [2.05, 4.69) is 266 Å². The summed E-state index contributed by atoms with van der Waals surface area (Å²) in [7, 11) is 0. The van der Waals surface area contributed by atoms with Gasteiger partial charge in [-0.15, -0.1) is 0 Å². The molecule has 0 radical (unpaired) electrons. The molecule has 16 rings (SSSR count). The van der Waals surface area contributed by atoms with Gasteiger partial charge in [0.05, 0.1) is 33.4 Å². The van der Waals surface area contributed by atoms with Crippen LogP contribution in [0.3, 0.4) is 0 Å². The van der Waals surface area contributed by atoms with Gasteiger partial charge in [-0.1, -0.05) is 202 Å². The second kappa shape index (κ2) is 17.1. The summed E-state index contributed by atoms with van der Waals surface area (Å²) < 4.78 is 4.98. The minimum absolute atomic E-state index is 0.0664. The zero-order valence-electron chi connectivity index (χ0n) is 44.4. The maximum atomic E-state index is 5.74. The molecule has 9 aromatic carbocycles. The van der Waals surface area contributed by atoms with E-state index >= 15 is 0 Å². The van der Waals surface area contributed by atoms with Crippen LogP contribution in [0.15, 0.2) is 200 Å². The molecule has 4 aliphatic heterocycles. The van der Waals surface area contributed by atoms with Gasteiger partial charge in [0.15, 0.2) is 17.5 Å². The van der Waals surface area contributed by atoms with E-state index in [0.717, 1.165) is 72.4 Å². The molecule has 0 N–H and O–H groups in total. The van der Waals surface area contributed by atoms with E-state index in [9.17, 15) is 0 Å². The van der Waals surface area contributed by atoms with Crippen LogP contribution < -0.4 is 0 Å². The molecule has 0 amide bonds. The first-order valence-corrected chi connectivity index (χ1v) is 26.5. The summed E-state index contributed by atoms with van der Waals surface area (Å²) in [6.07, 6.45) is 0. The third-order valence-corrected chi connectivity index (χ3v) is 16.9. The highest BCUT2D eigenvalue weighted by atomic mass is 15.1. The number of benzene rings is 9. The molecule has 0 saturated carbocycles. The van der Waals surface area contributed by atoms with Crippen molar-refractivity contribution in [1.29, 1.82) is 0 Å². The lowest BCUT2D eigenvalue weighted by Crippen LogP contribution is -2.40. The minimum atomic E-state index is -0.317. The lowest BCUT2D eigenvalue weighted by Gasteiger charge is -2.43. The molecular formula is C70H61N5. The third-order valence-electron chi connectivity index (χ3n) is 16.9. The van der Waals surface area contributed by atoms with Crippen LogP contribution in [0.4, 0.5) is 0 Å². The van der Waals surface area contributed by atoms with Crippen molar-refractivity contribution in [2.24, 2.45) is 0 Å². The number of nitrogens with zero attached hydrogens (tertiary/aromatic N) is 5. The van der Waals surface area contributed by atoms with Gasteiger partial charge in [0.25, 0.3) is 0 Å². The maximum absolute atomic E-state index is 5.74. The summed E-state index contributed by atoms with van der Waals surface area (Å²) in [5, 5.41) is 4.88. The number of hydrogen-bond acceptors (Lipinski definition) is 3. The molecule has 5 heteroatoms. The zero-order valence-corrected chi connectivity index (χ0v) is 44.4. The van der Waals surface area contributed by atoms with Crippen LogP contribution in [-0.4, -0.2) is 24.1 Å². The quantitative estimate of drug-likeness (QED) is 0.177. The van der Waals surface area contributed by atoms with E-state index in [1.165, 1.54) is 43.8 Å². The second-order valence-electron chi connectivity index (χ2n) is 23.1. The van der Waals surface area contributed by atoms with Crippen LogP contribution in [0.25, 0.3) is 111 Å². The second-order valence-corrected chi connectivity index (χ2v) is 23.1. The summed E-state index contributed by atoms with van der Waals surface area (Å²) >= 11 is 0. The van der Waals surface area contributed by atoms with Crippen molar-refractivity contribution < 1.29 is 0 Å². The van der Waals surface area contributed by atoms with Gasteiger partial charge in [-0.25, -0.2) is 15.0 Å². The van der Waals surface area contributed by atoms with Crippen molar-refractivity contribution in [1.82, 2.24) is 24.1 Å². The van der Waals surface area contributed by atoms with Crippen LogP contribution in [0, 0.1) is 0 Å². The molecule has 366 valence electrons. The highest BCUT2D eigenvalue weighted by Gasteiger charge is 2.41. The number of rotatable bonds is 4. The first-order chi connectivity index (χ1) is 36.2. The number of aromatic nitrogens is 5. The Morgan fingerprint density at radius 2 is 0.760 bits per heavy atom. The average Bonchev–Trinajstić information content (AvgIpc) is 3.94. The van der Waals surface area contributed by atoms with E-state index in [-0.39, 0.29) is 16.2 Å². The van der Waals surface area contributed by atoms with Crippen molar-refractivity contribution in [3.05, 3.63) is 222 Å². The van der Waals surface area contributed by atoms with E-state index in [0.29, 0.717) is 23.4 Å². The van der Waals surface area contributed by atoms with Crippen molar-refractivity contribution in [2.45, 2.75) is 84.5 Å². The number of para-hydroxylation sites is 2. The Morgan fingerprint density at radius 3 is 1.21 bits per heavy atom. The number of hydrogen-bond donors (Lipinski definition) is 0. The molecule has 0 spiro atoms. The van der Waals surface area contributed by atoms with Crippen LogP contribution in [0.5, 0.6) is 0 Å². The normalized spacial score (nSPS) is 14.0. The van der Waals surface area contributed by atoms with E-state index in [1.807, 2.05) is 6.07 Å². The predicted octanol–water partition coefficient (Wildman–Crippen LogP) is 18.4. The molecule has 7 heterocycles. The molecule has 0 atom stereocenters. The molecule has 12 aromatic rings. The van der Waals surface area contributed by atoms with Crippen LogP contribution >= 0.6 is 0 Å². The smallest absolute Gasteiger partial charge is 0.166 e. The molecule has 0 saturated heterocycles. The molecule has 0 aliphatic carbocycles. The van der Waals surface area contributed by atoms with E-state index in [4.69, 9.17) is 15.0 Å². The molecule has 3 aromatic heterocycles. The highest BCUT2D eigenvalue weighted by Crippen LogP contribution is 2.50. The molecule has 0 unspecified atom stereocenters. The van der Waals surface area contributed by atoms with Crippen LogP contribution in [0.2, 0.25) is 0 Å². The Morgan fingerprint density at radius 1 is 0.373 bits per heavy atom. The minimum Gasteiger partial charge on any atom is -0.308 e. The van der Waals surface area contributed by atoms with Gasteiger partial charge in [-0.2, -0.15) is 0 Å². The summed E-state index contributed by atoms with van der Waals surface area (Å²) in [5.41, 5.74) is 18.1. The standard InChI is InChI=1S/C70H61N5/c1-43(2)47-31-35-59-55(39-47)57-41-49-33-37-61(57)74(59)63-51(44-21-13-10-14-22-44)27-19-29-53(63)66-71-65(46-25-17-12-18-26-46)72-67(73-66)54-30-20-28-52(45-23-15-11-16-24-45)64(54)75-60-36-32-48(68(3,4)5)40-56(60)58-42-50(34-38-62(58)75)70(8,9)69(49,6)7/h10-43H,1-9H3. The molecule has 75 heavy (non-hydrogen) atoms. The van der Waals surface area contributed by atoms with Crippen molar-refractivity contribution in [2.75, 3.05) is 0 Å². The van der Waals surface area contributed by atoms with Gasteiger partial charge in [0.1, 0.15) is 0 Å². The van der Waals surface area contributed by atoms with Crippen molar-refractivity contribution in [3.8, 4) is 67.8 Å². The summed E-state index contributed by atoms with van der Waals surface area (Å²) in [6, 6.07) is 73.9. The third kappa shape index (κ3) is 7.30. The maximum Gasteiger partial charge on any atom is 0.166 e. The highest BCUT2D eigenvalue weighted by molar-refractivity contribution is 6.13. The zero-order chi connectivity index (χ0) is 51.5. The molecule has 10 bridgehead atoms. The lowest BCUT2D eigenvalue weighted by molar-refractivity contribution is 0.303. The van der Waals surface area contributed by atoms with Gasteiger partial charge >= 0.3 is 0 Å². The van der Waals surface area contributed by atoms with Crippen molar-refractivity contribution >= 4 is 43.6 Å².